The van der Waals surface area contributed by atoms with E-state index in [-0.39, 0.29) is 11.6 Å². The molecular formula is C12H16IN3O3. The molecule has 19 heavy (non-hydrogen) atoms. The first kappa shape index (κ1) is 15.5. The predicted octanol–water partition coefficient (Wildman–Crippen LogP) is 1.64. The van der Waals surface area contributed by atoms with Gasteiger partial charge < -0.3 is 21.4 Å². The summed E-state index contributed by atoms with van der Waals surface area (Å²) in [6.45, 7) is 3.47. The van der Waals surface area contributed by atoms with E-state index in [9.17, 15) is 9.90 Å². The van der Waals surface area contributed by atoms with Gasteiger partial charge in [-0.05, 0) is 54.1 Å². The average Bonchev–Trinajstić information content (AvgIpc) is 2.40. The standard InChI is InChI=1S/C12H16IN3O3/c1-3-12(2,11(14)16-19)15-10(18)7-4-5-8(13)9(17)6-7/h4-6,17,19H,3H2,1-2H3,(H2,14,16)(H,15,18). The first-order valence-corrected chi connectivity index (χ1v) is 6.71. The summed E-state index contributed by atoms with van der Waals surface area (Å²) in [4.78, 5) is 12.1. The Bertz CT molecular complexity index is 519. The van der Waals surface area contributed by atoms with Crippen LogP contribution in [0, 0.1) is 3.57 Å². The number of nitrogens with zero attached hydrogens (tertiary/aromatic N) is 1. The number of carbonyl (C=O) groups is 1. The minimum Gasteiger partial charge on any atom is -0.507 e. The Labute approximate surface area is 124 Å². The molecule has 0 radical (unpaired) electrons. The molecule has 0 saturated heterocycles. The van der Waals surface area contributed by atoms with Gasteiger partial charge in [0, 0.05) is 5.56 Å². The van der Waals surface area contributed by atoms with Crippen molar-refractivity contribution in [3.8, 4) is 5.75 Å². The Morgan fingerprint density at radius 2 is 2.21 bits per heavy atom. The van der Waals surface area contributed by atoms with Gasteiger partial charge in [0.15, 0.2) is 5.84 Å². The zero-order valence-corrected chi connectivity index (χ0v) is 12.8. The summed E-state index contributed by atoms with van der Waals surface area (Å²) in [6, 6.07) is 4.61. The number of oxime groups is 1. The highest BCUT2D eigenvalue weighted by Crippen LogP contribution is 2.21. The van der Waals surface area contributed by atoms with E-state index in [1.807, 2.05) is 29.5 Å². The minimum atomic E-state index is -0.940. The fourth-order valence-electron chi connectivity index (χ4n) is 1.42. The molecular weight excluding hydrogens is 361 g/mol. The lowest BCUT2D eigenvalue weighted by atomic mass is 9.97. The van der Waals surface area contributed by atoms with Crippen LogP contribution in [0.3, 0.4) is 0 Å². The van der Waals surface area contributed by atoms with Crippen LogP contribution in [0.25, 0.3) is 0 Å². The van der Waals surface area contributed by atoms with Crippen LogP contribution in [0.5, 0.6) is 5.75 Å². The molecule has 0 saturated carbocycles. The Morgan fingerprint density at radius 1 is 1.58 bits per heavy atom. The molecule has 1 aromatic rings. The van der Waals surface area contributed by atoms with Crippen LogP contribution >= 0.6 is 22.6 Å². The van der Waals surface area contributed by atoms with Crippen molar-refractivity contribution in [3.63, 3.8) is 0 Å². The van der Waals surface area contributed by atoms with Crippen LogP contribution in [0.4, 0.5) is 0 Å². The van der Waals surface area contributed by atoms with E-state index in [1.54, 1.807) is 19.1 Å². The van der Waals surface area contributed by atoms with Crippen LogP contribution in [0.15, 0.2) is 23.4 Å². The van der Waals surface area contributed by atoms with Crippen molar-refractivity contribution < 1.29 is 15.1 Å². The normalized spacial score (nSPS) is 14.8. The lowest BCUT2D eigenvalue weighted by Crippen LogP contribution is -2.55. The van der Waals surface area contributed by atoms with Crippen molar-refractivity contribution in [2.45, 2.75) is 25.8 Å². The minimum absolute atomic E-state index is 0.0373. The second-order valence-corrected chi connectivity index (χ2v) is 5.45. The lowest BCUT2D eigenvalue weighted by Gasteiger charge is -2.28. The number of rotatable bonds is 4. The Morgan fingerprint density at radius 3 is 2.68 bits per heavy atom. The average molecular weight is 377 g/mol. The number of amidine groups is 1. The van der Waals surface area contributed by atoms with Gasteiger partial charge in [0.25, 0.3) is 5.91 Å². The number of carbonyl (C=O) groups excluding carboxylic acids is 1. The Balaban J connectivity index is 2.98. The summed E-state index contributed by atoms with van der Waals surface area (Å²) in [5.41, 5.74) is 4.95. The Hall–Kier alpha value is -1.51. The summed E-state index contributed by atoms with van der Waals surface area (Å²) >= 11 is 1.96. The highest BCUT2D eigenvalue weighted by atomic mass is 127. The van der Waals surface area contributed by atoms with Crippen LogP contribution in [0.1, 0.15) is 30.6 Å². The van der Waals surface area contributed by atoms with Crippen molar-refractivity contribution in [1.29, 1.82) is 0 Å². The third-order valence-electron chi connectivity index (χ3n) is 2.98. The molecule has 1 atom stereocenters. The lowest BCUT2D eigenvalue weighted by molar-refractivity contribution is 0.0924. The van der Waals surface area contributed by atoms with Gasteiger partial charge in [0.1, 0.15) is 5.75 Å². The van der Waals surface area contributed by atoms with Gasteiger partial charge >= 0.3 is 0 Å². The van der Waals surface area contributed by atoms with E-state index in [4.69, 9.17) is 10.9 Å². The molecule has 0 bridgehead atoms. The topological polar surface area (TPSA) is 108 Å². The molecule has 0 aromatic heterocycles. The van der Waals surface area contributed by atoms with Crippen molar-refractivity contribution in [2.75, 3.05) is 0 Å². The highest BCUT2D eigenvalue weighted by molar-refractivity contribution is 14.1. The number of hydrogen-bond donors (Lipinski definition) is 4. The summed E-state index contributed by atoms with van der Waals surface area (Å²) in [5, 5.41) is 23.9. The largest absolute Gasteiger partial charge is 0.507 e. The maximum absolute atomic E-state index is 12.1. The highest BCUT2D eigenvalue weighted by Gasteiger charge is 2.30. The number of halogens is 1. The van der Waals surface area contributed by atoms with Crippen molar-refractivity contribution in [3.05, 3.63) is 27.3 Å². The van der Waals surface area contributed by atoms with E-state index >= 15 is 0 Å². The molecule has 104 valence electrons. The van der Waals surface area contributed by atoms with Gasteiger partial charge in [-0.1, -0.05) is 12.1 Å². The van der Waals surface area contributed by atoms with Crippen molar-refractivity contribution in [1.82, 2.24) is 5.32 Å². The number of aromatic hydroxyl groups is 1. The first-order chi connectivity index (χ1) is 8.84. The number of phenols is 1. The van der Waals surface area contributed by atoms with Gasteiger partial charge in [-0.25, -0.2) is 0 Å². The third-order valence-corrected chi connectivity index (χ3v) is 3.89. The van der Waals surface area contributed by atoms with E-state index in [2.05, 4.69) is 10.5 Å². The van der Waals surface area contributed by atoms with E-state index in [1.165, 1.54) is 6.07 Å². The molecule has 1 rings (SSSR count). The first-order valence-electron chi connectivity index (χ1n) is 5.63. The fourth-order valence-corrected chi connectivity index (χ4v) is 1.76. The van der Waals surface area contributed by atoms with Crippen molar-refractivity contribution >= 4 is 34.3 Å². The SMILES string of the molecule is CCC(C)(NC(=O)c1ccc(I)c(O)c1)/C(N)=N/O. The second kappa shape index (κ2) is 6.09. The Kier molecular flexibility index (Phi) is 4.98. The van der Waals surface area contributed by atoms with Gasteiger partial charge in [-0.3, -0.25) is 4.79 Å². The number of nitrogens with one attached hydrogen (secondary N) is 1. The van der Waals surface area contributed by atoms with Gasteiger partial charge in [-0.15, -0.1) is 0 Å². The number of phenolic OH excluding ortho intramolecular Hbond substituents is 1. The number of benzene rings is 1. The molecule has 0 aliphatic carbocycles. The molecule has 1 unspecified atom stereocenters. The maximum atomic E-state index is 12.1. The molecule has 0 spiro atoms. The summed E-state index contributed by atoms with van der Waals surface area (Å²) in [5.74, 6) is -0.434. The van der Waals surface area contributed by atoms with E-state index in [0.29, 0.717) is 15.6 Å². The molecule has 0 aliphatic rings. The van der Waals surface area contributed by atoms with Crippen LogP contribution in [0.2, 0.25) is 0 Å². The molecule has 0 heterocycles. The van der Waals surface area contributed by atoms with E-state index < -0.39 is 11.4 Å². The fraction of sp³-hybridized carbons (Fsp3) is 0.333. The molecule has 1 aromatic carbocycles. The molecule has 1 amide bonds. The van der Waals surface area contributed by atoms with Gasteiger partial charge in [0.05, 0.1) is 9.11 Å². The van der Waals surface area contributed by atoms with Gasteiger partial charge in [0.2, 0.25) is 0 Å². The maximum Gasteiger partial charge on any atom is 0.252 e. The predicted molar refractivity (Wildman–Crippen MR) is 80.4 cm³/mol. The number of amides is 1. The summed E-state index contributed by atoms with van der Waals surface area (Å²) in [7, 11) is 0. The van der Waals surface area contributed by atoms with Crippen LogP contribution < -0.4 is 11.1 Å². The molecule has 7 heteroatoms. The quantitative estimate of drug-likeness (QED) is 0.210. The number of hydrogen-bond acceptors (Lipinski definition) is 4. The van der Waals surface area contributed by atoms with E-state index in [0.717, 1.165) is 0 Å². The molecule has 0 fully saturated rings. The van der Waals surface area contributed by atoms with Crippen LogP contribution in [-0.2, 0) is 0 Å². The molecule has 0 aliphatic heterocycles. The monoisotopic (exact) mass is 377 g/mol. The third kappa shape index (κ3) is 3.49. The number of nitrogens with two attached hydrogens (primary N) is 1. The van der Waals surface area contributed by atoms with Crippen LogP contribution in [-0.4, -0.2) is 27.6 Å². The summed E-state index contributed by atoms with van der Waals surface area (Å²) < 4.78 is 0.656. The molecule has 5 N–H and O–H groups in total. The zero-order valence-electron chi connectivity index (χ0n) is 10.6. The molecule has 6 nitrogen and oxygen atoms in total. The zero-order chi connectivity index (χ0) is 14.6. The van der Waals surface area contributed by atoms with Gasteiger partial charge in [-0.2, -0.15) is 0 Å². The smallest absolute Gasteiger partial charge is 0.252 e. The summed E-state index contributed by atoms with van der Waals surface area (Å²) in [6.07, 6.45) is 0.463. The second-order valence-electron chi connectivity index (χ2n) is 4.29. The van der Waals surface area contributed by atoms with Crippen molar-refractivity contribution in [2.24, 2.45) is 10.9 Å².